The second-order valence-electron chi connectivity index (χ2n) is 5.14. The van der Waals surface area contributed by atoms with E-state index in [4.69, 9.17) is 4.74 Å². The fraction of sp³-hybridized carbons (Fsp3) is 0.417. The summed E-state index contributed by atoms with van der Waals surface area (Å²) in [7, 11) is 0. The van der Waals surface area contributed by atoms with E-state index in [0.717, 1.165) is 37.2 Å². The van der Waals surface area contributed by atoms with Crippen molar-refractivity contribution in [3.63, 3.8) is 0 Å². The molecule has 6 nitrogen and oxygen atoms in total. The fourth-order valence-corrected chi connectivity index (χ4v) is 2.75. The molecular formula is C12H12N4O2. The lowest BCUT2D eigenvalue weighted by Crippen LogP contribution is -2.66. The van der Waals surface area contributed by atoms with Crippen molar-refractivity contribution in [2.75, 3.05) is 31.2 Å². The standard InChI is InChI=1S/C12H12N4O2/c17-11-10(16-3-12(4-16)5-18-6-12)9-8(2-14-11)1-13-7-15-9/h1-2,7H,3-6H2,(H,14,17). The molecule has 0 aromatic carbocycles. The van der Waals surface area contributed by atoms with Gasteiger partial charge in [-0.1, -0.05) is 0 Å². The molecule has 6 heteroatoms. The zero-order valence-corrected chi connectivity index (χ0v) is 9.72. The first-order valence-electron chi connectivity index (χ1n) is 5.92. The van der Waals surface area contributed by atoms with Crippen LogP contribution in [0.3, 0.4) is 0 Å². The van der Waals surface area contributed by atoms with Gasteiger partial charge in [0.2, 0.25) is 0 Å². The first-order chi connectivity index (χ1) is 8.77. The summed E-state index contributed by atoms with van der Waals surface area (Å²) in [5, 5.41) is 0.859. The first kappa shape index (κ1) is 10.0. The Morgan fingerprint density at radius 3 is 2.94 bits per heavy atom. The molecule has 18 heavy (non-hydrogen) atoms. The van der Waals surface area contributed by atoms with E-state index in [1.165, 1.54) is 6.33 Å². The van der Waals surface area contributed by atoms with Crippen LogP contribution in [-0.4, -0.2) is 41.3 Å². The smallest absolute Gasteiger partial charge is 0.273 e. The molecule has 2 aromatic rings. The summed E-state index contributed by atoms with van der Waals surface area (Å²) in [4.78, 5) is 25.0. The third-order valence-corrected chi connectivity index (χ3v) is 3.72. The molecule has 0 saturated carbocycles. The quantitative estimate of drug-likeness (QED) is 0.773. The maximum absolute atomic E-state index is 12.0. The Labute approximate surface area is 103 Å². The molecule has 92 valence electrons. The van der Waals surface area contributed by atoms with Crippen molar-refractivity contribution < 1.29 is 4.74 Å². The summed E-state index contributed by atoms with van der Waals surface area (Å²) in [5.74, 6) is 0. The number of nitrogens with one attached hydrogen (secondary N) is 1. The molecular weight excluding hydrogens is 232 g/mol. The highest BCUT2D eigenvalue weighted by Crippen LogP contribution is 2.40. The molecule has 4 rings (SSSR count). The number of aromatic nitrogens is 3. The molecule has 0 radical (unpaired) electrons. The monoisotopic (exact) mass is 244 g/mol. The summed E-state index contributed by atoms with van der Waals surface area (Å²) in [5.41, 5.74) is 1.58. The molecule has 0 atom stereocenters. The number of H-pyrrole nitrogens is 1. The van der Waals surface area contributed by atoms with Crippen LogP contribution in [0.1, 0.15) is 0 Å². The molecule has 0 amide bonds. The van der Waals surface area contributed by atoms with Gasteiger partial charge in [-0.3, -0.25) is 4.79 Å². The predicted molar refractivity (Wildman–Crippen MR) is 65.6 cm³/mol. The molecule has 1 spiro atoms. The van der Waals surface area contributed by atoms with Crippen molar-refractivity contribution in [3.8, 4) is 0 Å². The van der Waals surface area contributed by atoms with Crippen molar-refractivity contribution >= 4 is 16.6 Å². The summed E-state index contributed by atoms with van der Waals surface area (Å²) in [6.45, 7) is 3.36. The summed E-state index contributed by atoms with van der Waals surface area (Å²) < 4.78 is 5.24. The number of nitrogens with zero attached hydrogens (tertiary/aromatic N) is 3. The number of ether oxygens (including phenoxy) is 1. The number of anilines is 1. The second kappa shape index (κ2) is 3.29. The van der Waals surface area contributed by atoms with E-state index in [0.29, 0.717) is 5.69 Å². The SMILES string of the molecule is O=c1[nH]cc2cncnc2c1N1CC2(COC2)C1. The van der Waals surface area contributed by atoms with E-state index >= 15 is 0 Å². The molecule has 4 heterocycles. The van der Waals surface area contributed by atoms with Crippen LogP contribution in [0.5, 0.6) is 0 Å². The molecule has 1 N–H and O–H groups in total. The van der Waals surface area contributed by atoms with Crippen molar-refractivity contribution in [1.29, 1.82) is 0 Å². The summed E-state index contributed by atoms with van der Waals surface area (Å²) in [6, 6.07) is 0. The predicted octanol–water partition coefficient (Wildman–Crippen LogP) is 0.155. The van der Waals surface area contributed by atoms with Crippen molar-refractivity contribution in [2.45, 2.75) is 0 Å². The van der Waals surface area contributed by atoms with E-state index in [2.05, 4.69) is 19.9 Å². The second-order valence-corrected chi connectivity index (χ2v) is 5.14. The van der Waals surface area contributed by atoms with Gasteiger partial charge in [0.25, 0.3) is 5.56 Å². The number of rotatable bonds is 1. The third-order valence-electron chi connectivity index (χ3n) is 3.72. The first-order valence-corrected chi connectivity index (χ1v) is 5.92. The number of fused-ring (bicyclic) bond motifs is 1. The van der Waals surface area contributed by atoms with Crippen molar-refractivity contribution in [2.24, 2.45) is 5.41 Å². The van der Waals surface area contributed by atoms with Gasteiger partial charge in [-0.15, -0.1) is 0 Å². The molecule has 2 aliphatic heterocycles. The molecule has 2 aliphatic rings. The Morgan fingerprint density at radius 1 is 1.39 bits per heavy atom. The molecule has 2 aromatic heterocycles. The molecule has 2 saturated heterocycles. The Hall–Kier alpha value is -1.95. The number of hydrogen-bond acceptors (Lipinski definition) is 5. The zero-order valence-electron chi connectivity index (χ0n) is 9.72. The van der Waals surface area contributed by atoms with Crippen molar-refractivity contribution in [1.82, 2.24) is 15.0 Å². The van der Waals surface area contributed by atoms with Crippen LogP contribution in [0.2, 0.25) is 0 Å². The van der Waals surface area contributed by atoms with Crippen LogP contribution in [0.25, 0.3) is 10.9 Å². The van der Waals surface area contributed by atoms with E-state index in [-0.39, 0.29) is 11.0 Å². The maximum Gasteiger partial charge on any atom is 0.273 e. The number of aromatic amines is 1. The van der Waals surface area contributed by atoms with Crippen LogP contribution in [0, 0.1) is 5.41 Å². The van der Waals surface area contributed by atoms with E-state index in [1.807, 2.05) is 0 Å². The minimum atomic E-state index is -0.0868. The van der Waals surface area contributed by atoms with E-state index in [9.17, 15) is 4.79 Å². The highest BCUT2D eigenvalue weighted by atomic mass is 16.5. The van der Waals surface area contributed by atoms with Crippen LogP contribution < -0.4 is 10.5 Å². The summed E-state index contributed by atoms with van der Waals surface area (Å²) >= 11 is 0. The topological polar surface area (TPSA) is 71.1 Å². The minimum absolute atomic E-state index is 0.0868. The van der Waals surface area contributed by atoms with Crippen molar-refractivity contribution in [3.05, 3.63) is 29.1 Å². The fourth-order valence-electron chi connectivity index (χ4n) is 2.75. The average Bonchev–Trinajstić information content (AvgIpc) is 2.28. The molecule has 0 aliphatic carbocycles. The van der Waals surface area contributed by atoms with Gasteiger partial charge in [0.1, 0.15) is 17.5 Å². The van der Waals surface area contributed by atoms with Gasteiger partial charge >= 0.3 is 0 Å². The van der Waals surface area contributed by atoms with Gasteiger partial charge in [-0.2, -0.15) is 0 Å². The van der Waals surface area contributed by atoms with Crippen LogP contribution in [0.15, 0.2) is 23.5 Å². The highest BCUT2D eigenvalue weighted by Gasteiger charge is 2.50. The number of hydrogen-bond donors (Lipinski definition) is 1. The maximum atomic E-state index is 12.0. The average molecular weight is 244 g/mol. The van der Waals surface area contributed by atoms with Gasteiger partial charge < -0.3 is 14.6 Å². The lowest BCUT2D eigenvalue weighted by molar-refractivity contribution is -0.127. The largest absolute Gasteiger partial charge is 0.380 e. The molecule has 2 fully saturated rings. The summed E-state index contributed by atoms with van der Waals surface area (Å²) in [6.07, 6.45) is 4.85. The lowest BCUT2D eigenvalue weighted by atomic mass is 9.78. The van der Waals surface area contributed by atoms with E-state index in [1.54, 1.807) is 12.4 Å². The van der Waals surface area contributed by atoms with Crippen LogP contribution in [0.4, 0.5) is 5.69 Å². The third kappa shape index (κ3) is 1.23. The Morgan fingerprint density at radius 2 is 2.22 bits per heavy atom. The Bertz CT molecular complexity index is 669. The van der Waals surface area contributed by atoms with Crippen LogP contribution >= 0.6 is 0 Å². The lowest BCUT2D eigenvalue weighted by Gasteiger charge is -2.55. The van der Waals surface area contributed by atoms with Gasteiger partial charge in [0.15, 0.2) is 0 Å². The molecule has 0 bridgehead atoms. The Balaban J connectivity index is 1.80. The van der Waals surface area contributed by atoms with Gasteiger partial charge in [0.05, 0.1) is 18.6 Å². The van der Waals surface area contributed by atoms with Gasteiger partial charge in [-0.25, -0.2) is 9.97 Å². The van der Waals surface area contributed by atoms with E-state index < -0.39 is 0 Å². The van der Waals surface area contributed by atoms with Gasteiger partial charge in [-0.05, 0) is 0 Å². The number of pyridine rings is 1. The zero-order chi connectivity index (χ0) is 12.2. The normalized spacial score (nSPS) is 20.8. The minimum Gasteiger partial charge on any atom is -0.380 e. The highest BCUT2D eigenvalue weighted by molar-refractivity contribution is 5.89. The van der Waals surface area contributed by atoms with Gasteiger partial charge in [0, 0.05) is 30.9 Å². The Kier molecular flexibility index (Phi) is 1.83. The van der Waals surface area contributed by atoms with Crippen LogP contribution in [-0.2, 0) is 4.74 Å². The molecule has 0 unspecified atom stereocenters.